The Morgan fingerprint density at radius 1 is 1.11 bits per heavy atom. The van der Waals surface area contributed by atoms with Gasteiger partial charge in [0.25, 0.3) is 0 Å². The van der Waals surface area contributed by atoms with Crippen LogP contribution in [0.2, 0.25) is 10.0 Å². The summed E-state index contributed by atoms with van der Waals surface area (Å²) in [6.45, 7) is 0. The SMILES string of the molecule is Clc1ccc(-c2n[c]ncc2-c2cc[nH]n2)c(Cl)c1. The van der Waals surface area contributed by atoms with Crippen LogP contribution in [0.1, 0.15) is 0 Å². The quantitative estimate of drug-likeness (QED) is 0.784. The molecule has 1 aromatic carbocycles. The Bertz CT molecular complexity index is 710. The molecule has 3 rings (SSSR count). The number of hydrogen-bond acceptors (Lipinski definition) is 3. The van der Waals surface area contributed by atoms with Crippen LogP contribution in [-0.2, 0) is 0 Å². The van der Waals surface area contributed by atoms with Crippen molar-refractivity contribution in [1.29, 1.82) is 0 Å². The third-order valence-corrected chi connectivity index (χ3v) is 3.18. The van der Waals surface area contributed by atoms with E-state index in [-0.39, 0.29) is 0 Å². The Morgan fingerprint density at radius 3 is 2.74 bits per heavy atom. The van der Waals surface area contributed by atoms with Gasteiger partial charge >= 0.3 is 0 Å². The Balaban J connectivity index is 2.21. The van der Waals surface area contributed by atoms with Crippen LogP contribution in [0.4, 0.5) is 0 Å². The Labute approximate surface area is 119 Å². The largest absolute Gasteiger partial charge is 0.285 e. The second-order valence-corrected chi connectivity index (χ2v) is 4.66. The van der Waals surface area contributed by atoms with Crippen molar-refractivity contribution in [3.63, 3.8) is 0 Å². The van der Waals surface area contributed by atoms with Gasteiger partial charge in [0.15, 0.2) is 6.33 Å². The Morgan fingerprint density at radius 2 is 2.00 bits per heavy atom. The molecule has 0 unspecified atom stereocenters. The third-order valence-electron chi connectivity index (χ3n) is 2.63. The minimum atomic E-state index is 0.524. The summed E-state index contributed by atoms with van der Waals surface area (Å²) < 4.78 is 0. The van der Waals surface area contributed by atoms with E-state index in [0.717, 1.165) is 16.8 Å². The Kier molecular flexibility index (Phi) is 3.19. The average molecular weight is 290 g/mol. The molecule has 0 amide bonds. The zero-order valence-electron chi connectivity index (χ0n) is 9.56. The van der Waals surface area contributed by atoms with Gasteiger partial charge in [0.1, 0.15) is 0 Å². The fraction of sp³-hybridized carbons (Fsp3) is 0. The Hall–Kier alpha value is -1.91. The number of rotatable bonds is 2. The molecule has 0 atom stereocenters. The maximum atomic E-state index is 6.21. The van der Waals surface area contributed by atoms with E-state index in [1.54, 1.807) is 24.5 Å². The van der Waals surface area contributed by atoms with E-state index in [1.807, 2.05) is 12.1 Å². The van der Waals surface area contributed by atoms with Crippen molar-refractivity contribution >= 4 is 23.2 Å². The molecule has 2 heterocycles. The van der Waals surface area contributed by atoms with Crippen molar-refractivity contribution in [2.75, 3.05) is 0 Å². The lowest BCUT2D eigenvalue weighted by molar-refractivity contribution is 1.08. The van der Waals surface area contributed by atoms with Crippen molar-refractivity contribution < 1.29 is 0 Å². The van der Waals surface area contributed by atoms with Gasteiger partial charge in [-0.15, -0.1) is 0 Å². The van der Waals surface area contributed by atoms with Crippen molar-refractivity contribution in [3.8, 4) is 22.5 Å². The number of nitrogens with one attached hydrogen (secondary N) is 1. The highest BCUT2D eigenvalue weighted by molar-refractivity contribution is 6.36. The number of H-pyrrole nitrogens is 1. The number of aromatic nitrogens is 4. The van der Waals surface area contributed by atoms with Gasteiger partial charge in [-0.2, -0.15) is 5.10 Å². The first-order chi connectivity index (χ1) is 9.25. The molecule has 1 radical (unpaired) electrons. The van der Waals surface area contributed by atoms with Gasteiger partial charge in [-0.05, 0) is 24.3 Å². The van der Waals surface area contributed by atoms with Crippen molar-refractivity contribution in [1.82, 2.24) is 20.2 Å². The van der Waals surface area contributed by atoms with Crippen LogP contribution in [0.5, 0.6) is 0 Å². The monoisotopic (exact) mass is 289 g/mol. The summed E-state index contributed by atoms with van der Waals surface area (Å²) in [6, 6.07) is 7.09. The van der Waals surface area contributed by atoms with E-state index >= 15 is 0 Å². The van der Waals surface area contributed by atoms with Crippen molar-refractivity contribution in [2.45, 2.75) is 0 Å². The van der Waals surface area contributed by atoms with Gasteiger partial charge in [0, 0.05) is 28.5 Å². The van der Waals surface area contributed by atoms with Crippen LogP contribution in [-0.4, -0.2) is 20.2 Å². The fourth-order valence-corrected chi connectivity index (χ4v) is 2.28. The molecular formula is C13H7Cl2N4. The lowest BCUT2D eigenvalue weighted by Crippen LogP contribution is -1.92. The van der Waals surface area contributed by atoms with Crippen LogP contribution in [0.3, 0.4) is 0 Å². The molecule has 6 heteroatoms. The highest BCUT2D eigenvalue weighted by Gasteiger charge is 2.13. The molecule has 19 heavy (non-hydrogen) atoms. The minimum absolute atomic E-state index is 0.524. The van der Waals surface area contributed by atoms with Gasteiger partial charge in [0.2, 0.25) is 0 Å². The predicted molar refractivity (Wildman–Crippen MR) is 73.9 cm³/mol. The topological polar surface area (TPSA) is 54.5 Å². The summed E-state index contributed by atoms with van der Waals surface area (Å²) in [5, 5.41) is 7.99. The van der Waals surface area contributed by atoms with E-state index in [9.17, 15) is 0 Å². The zero-order valence-corrected chi connectivity index (χ0v) is 11.1. The highest BCUT2D eigenvalue weighted by Crippen LogP contribution is 2.34. The molecule has 0 fully saturated rings. The summed E-state index contributed by atoms with van der Waals surface area (Å²) in [5.41, 5.74) is 2.96. The normalized spacial score (nSPS) is 10.6. The molecule has 0 spiro atoms. The van der Waals surface area contributed by atoms with Crippen LogP contribution < -0.4 is 0 Å². The first-order valence-electron chi connectivity index (χ1n) is 5.44. The van der Waals surface area contributed by atoms with Crippen LogP contribution in [0, 0.1) is 6.33 Å². The fourth-order valence-electron chi connectivity index (χ4n) is 1.78. The van der Waals surface area contributed by atoms with Gasteiger partial charge in [-0.1, -0.05) is 23.2 Å². The number of halogens is 2. The number of benzene rings is 1. The van der Waals surface area contributed by atoms with Crippen molar-refractivity contribution in [3.05, 3.63) is 53.0 Å². The number of nitrogens with zero attached hydrogens (tertiary/aromatic N) is 3. The number of aromatic amines is 1. The van der Waals surface area contributed by atoms with E-state index in [1.165, 1.54) is 0 Å². The molecule has 0 aliphatic heterocycles. The molecule has 4 nitrogen and oxygen atoms in total. The summed E-state index contributed by atoms with van der Waals surface area (Å²) in [6.07, 6.45) is 5.97. The second-order valence-electron chi connectivity index (χ2n) is 3.82. The standard InChI is InChI=1S/C13H7Cl2N4/c14-8-1-2-9(11(15)5-8)13-10(6-16-7-17-13)12-3-4-18-19-12/h1-6H,(H,18,19). The molecule has 2 aromatic heterocycles. The average Bonchev–Trinajstić information content (AvgIpc) is 2.93. The molecule has 3 aromatic rings. The molecule has 1 N–H and O–H groups in total. The molecule has 0 aliphatic carbocycles. The van der Waals surface area contributed by atoms with Gasteiger partial charge in [-0.3, -0.25) is 5.10 Å². The molecule has 93 valence electrons. The maximum Gasteiger partial charge on any atom is 0.198 e. The van der Waals surface area contributed by atoms with Crippen LogP contribution in [0.25, 0.3) is 22.5 Å². The first-order valence-corrected chi connectivity index (χ1v) is 6.20. The van der Waals surface area contributed by atoms with Crippen molar-refractivity contribution in [2.24, 2.45) is 0 Å². The lowest BCUT2D eigenvalue weighted by Gasteiger charge is -2.07. The van der Waals surface area contributed by atoms with E-state index in [4.69, 9.17) is 23.2 Å². The lowest BCUT2D eigenvalue weighted by atomic mass is 10.1. The summed E-state index contributed by atoms with van der Waals surface area (Å²) in [4.78, 5) is 8.09. The third kappa shape index (κ3) is 2.32. The number of hydrogen-bond donors (Lipinski definition) is 1. The maximum absolute atomic E-state index is 6.21. The summed E-state index contributed by atoms with van der Waals surface area (Å²) >= 11 is 12.1. The second kappa shape index (κ2) is 4.99. The smallest absolute Gasteiger partial charge is 0.198 e. The van der Waals surface area contributed by atoms with E-state index in [2.05, 4.69) is 26.5 Å². The van der Waals surface area contributed by atoms with Gasteiger partial charge in [0.05, 0.1) is 16.4 Å². The summed E-state index contributed by atoms with van der Waals surface area (Å²) in [7, 11) is 0. The van der Waals surface area contributed by atoms with Crippen LogP contribution >= 0.6 is 23.2 Å². The first kappa shape index (κ1) is 12.1. The van der Waals surface area contributed by atoms with Gasteiger partial charge in [-0.25, -0.2) is 9.97 Å². The molecule has 0 saturated heterocycles. The van der Waals surface area contributed by atoms with E-state index < -0.39 is 0 Å². The predicted octanol–water partition coefficient (Wildman–Crippen LogP) is 3.64. The minimum Gasteiger partial charge on any atom is -0.285 e. The molecule has 0 saturated carbocycles. The van der Waals surface area contributed by atoms with E-state index in [0.29, 0.717) is 15.7 Å². The molecular weight excluding hydrogens is 283 g/mol. The van der Waals surface area contributed by atoms with Gasteiger partial charge < -0.3 is 0 Å². The summed E-state index contributed by atoms with van der Waals surface area (Å²) in [5.74, 6) is 0. The highest BCUT2D eigenvalue weighted by atomic mass is 35.5. The molecule has 0 aliphatic rings. The zero-order chi connectivity index (χ0) is 13.2. The van der Waals surface area contributed by atoms with Crippen LogP contribution in [0.15, 0.2) is 36.7 Å². The molecule has 0 bridgehead atoms.